The van der Waals surface area contributed by atoms with Crippen molar-refractivity contribution in [2.75, 3.05) is 11.9 Å². The van der Waals surface area contributed by atoms with Crippen molar-refractivity contribution in [3.63, 3.8) is 0 Å². The molecule has 5 nitrogen and oxygen atoms in total. The van der Waals surface area contributed by atoms with E-state index in [4.69, 9.17) is 9.47 Å². The Kier molecular flexibility index (Phi) is 6.03. The van der Waals surface area contributed by atoms with Crippen molar-refractivity contribution < 1.29 is 22.6 Å². The number of nitrogens with zero attached hydrogens (tertiary/aromatic N) is 2. The van der Waals surface area contributed by atoms with E-state index in [9.17, 15) is 13.2 Å². The Morgan fingerprint density at radius 1 is 1.15 bits per heavy atom. The van der Waals surface area contributed by atoms with Crippen molar-refractivity contribution in [3.05, 3.63) is 36.0 Å². The van der Waals surface area contributed by atoms with Gasteiger partial charge in [0.1, 0.15) is 11.3 Å². The van der Waals surface area contributed by atoms with E-state index in [1.54, 1.807) is 12.1 Å². The van der Waals surface area contributed by atoms with E-state index in [0.29, 0.717) is 12.1 Å². The molecule has 0 aliphatic heterocycles. The molecule has 1 aromatic heterocycles. The summed E-state index contributed by atoms with van der Waals surface area (Å²) in [6, 6.07) is 7.19. The molecule has 8 heteroatoms. The molecule has 0 radical (unpaired) electrons. The highest BCUT2D eigenvalue weighted by molar-refractivity contribution is 5.55. The lowest BCUT2D eigenvalue weighted by molar-refractivity contribution is -0.139. The summed E-state index contributed by atoms with van der Waals surface area (Å²) in [5.74, 6) is 0.342. The smallest absolute Gasteiger partial charge is 0.423 e. The molecular formula is C19H22F3N3O2. The first-order valence-electron chi connectivity index (χ1n) is 9.06. The Labute approximate surface area is 155 Å². The van der Waals surface area contributed by atoms with Gasteiger partial charge in [0, 0.05) is 11.9 Å². The van der Waals surface area contributed by atoms with Gasteiger partial charge in [-0.25, -0.2) is 4.98 Å². The van der Waals surface area contributed by atoms with Crippen LogP contribution in [0.5, 0.6) is 11.6 Å². The molecule has 1 N–H and O–H groups in total. The Bertz CT molecular complexity index is 745. The van der Waals surface area contributed by atoms with Gasteiger partial charge in [0.2, 0.25) is 11.8 Å². The first-order chi connectivity index (χ1) is 13.0. The molecule has 0 unspecified atom stereocenters. The third-order valence-electron chi connectivity index (χ3n) is 4.22. The molecule has 1 fully saturated rings. The molecule has 1 aromatic carbocycles. The molecular weight excluding hydrogens is 359 g/mol. The fraction of sp³-hybridized carbons (Fsp3) is 0.474. The number of hydrogen-bond acceptors (Lipinski definition) is 5. The van der Waals surface area contributed by atoms with Gasteiger partial charge in [0.25, 0.3) is 0 Å². The monoisotopic (exact) mass is 381 g/mol. The first kappa shape index (κ1) is 19.3. The summed E-state index contributed by atoms with van der Waals surface area (Å²) < 4.78 is 50.2. The highest BCUT2D eigenvalue weighted by Gasteiger charge is 2.36. The Morgan fingerprint density at radius 2 is 1.85 bits per heavy atom. The SMILES string of the molecule is CCCOc1nc(Nc2ccc(OC3CCCC3)cc2)ncc1C(F)(F)F. The lowest BCUT2D eigenvalue weighted by atomic mass is 10.2. The second-order valence-electron chi connectivity index (χ2n) is 6.43. The molecule has 0 saturated heterocycles. The minimum Gasteiger partial charge on any atom is -0.490 e. The number of nitrogens with one attached hydrogen (secondary N) is 1. The summed E-state index contributed by atoms with van der Waals surface area (Å²) in [6.07, 6.45) is 1.53. The zero-order valence-electron chi connectivity index (χ0n) is 15.1. The second-order valence-corrected chi connectivity index (χ2v) is 6.43. The van der Waals surface area contributed by atoms with Crippen molar-refractivity contribution in [1.82, 2.24) is 9.97 Å². The summed E-state index contributed by atoms with van der Waals surface area (Å²) in [6.45, 7) is 1.95. The van der Waals surface area contributed by atoms with Gasteiger partial charge < -0.3 is 14.8 Å². The second kappa shape index (κ2) is 8.45. The maximum absolute atomic E-state index is 13.1. The molecule has 3 rings (SSSR count). The Morgan fingerprint density at radius 3 is 2.48 bits per heavy atom. The maximum Gasteiger partial charge on any atom is 0.423 e. The molecule has 0 atom stereocenters. The minimum absolute atomic E-state index is 0.0403. The number of anilines is 2. The lowest BCUT2D eigenvalue weighted by Gasteiger charge is -2.15. The van der Waals surface area contributed by atoms with Gasteiger partial charge in [-0.05, 0) is 56.4 Å². The number of hydrogen-bond donors (Lipinski definition) is 1. The molecule has 1 aliphatic carbocycles. The quantitative estimate of drug-likeness (QED) is 0.701. The minimum atomic E-state index is -4.57. The molecule has 1 aliphatic rings. The summed E-state index contributed by atoms with van der Waals surface area (Å²) in [5, 5.41) is 2.90. The standard InChI is InChI=1S/C19H22F3N3O2/c1-2-11-26-17-16(19(20,21)22)12-23-18(25-17)24-13-7-9-15(10-8-13)27-14-5-3-4-6-14/h7-10,12,14H,2-6,11H2,1H3,(H,23,24,25). The summed E-state index contributed by atoms with van der Waals surface area (Å²) in [4.78, 5) is 7.64. The number of ether oxygens (including phenoxy) is 2. The van der Waals surface area contributed by atoms with Crippen LogP contribution in [0.2, 0.25) is 0 Å². The van der Waals surface area contributed by atoms with Crippen molar-refractivity contribution in [1.29, 1.82) is 0 Å². The molecule has 0 spiro atoms. The summed E-state index contributed by atoms with van der Waals surface area (Å²) >= 11 is 0. The summed E-state index contributed by atoms with van der Waals surface area (Å²) in [7, 11) is 0. The number of benzene rings is 1. The molecule has 0 bridgehead atoms. The van der Waals surface area contributed by atoms with Crippen LogP contribution in [-0.2, 0) is 6.18 Å². The number of halogens is 3. The van der Waals surface area contributed by atoms with Crippen LogP contribution in [0.4, 0.5) is 24.8 Å². The van der Waals surface area contributed by atoms with Crippen LogP contribution in [0.15, 0.2) is 30.5 Å². The zero-order valence-corrected chi connectivity index (χ0v) is 15.1. The van der Waals surface area contributed by atoms with E-state index >= 15 is 0 Å². The number of alkyl halides is 3. The van der Waals surface area contributed by atoms with Gasteiger partial charge in [0.15, 0.2) is 0 Å². The van der Waals surface area contributed by atoms with Crippen LogP contribution in [0, 0.1) is 0 Å². The van der Waals surface area contributed by atoms with E-state index < -0.39 is 17.6 Å². The Hall–Kier alpha value is -2.51. The maximum atomic E-state index is 13.1. The van der Waals surface area contributed by atoms with Crippen LogP contribution in [0.25, 0.3) is 0 Å². The van der Waals surface area contributed by atoms with Crippen LogP contribution in [-0.4, -0.2) is 22.7 Å². The van der Waals surface area contributed by atoms with Crippen molar-refractivity contribution in [2.24, 2.45) is 0 Å². The third-order valence-corrected chi connectivity index (χ3v) is 4.22. The van der Waals surface area contributed by atoms with E-state index in [1.807, 2.05) is 19.1 Å². The predicted octanol–water partition coefficient (Wildman–Crippen LogP) is 5.35. The van der Waals surface area contributed by atoms with Gasteiger partial charge in [-0.2, -0.15) is 18.2 Å². The van der Waals surface area contributed by atoms with Gasteiger partial charge in [-0.3, -0.25) is 0 Å². The Balaban J connectivity index is 1.70. The van der Waals surface area contributed by atoms with Crippen molar-refractivity contribution in [3.8, 4) is 11.6 Å². The molecule has 146 valence electrons. The van der Waals surface area contributed by atoms with Gasteiger partial charge in [-0.15, -0.1) is 0 Å². The highest BCUT2D eigenvalue weighted by Crippen LogP contribution is 2.35. The third kappa shape index (κ3) is 5.24. The fourth-order valence-electron chi connectivity index (χ4n) is 2.87. The van der Waals surface area contributed by atoms with Gasteiger partial charge in [0.05, 0.1) is 12.7 Å². The highest BCUT2D eigenvalue weighted by atomic mass is 19.4. The molecule has 2 aromatic rings. The fourth-order valence-corrected chi connectivity index (χ4v) is 2.87. The number of aromatic nitrogens is 2. The van der Waals surface area contributed by atoms with Crippen LogP contribution in [0.3, 0.4) is 0 Å². The predicted molar refractivity (Wildman–Crippen MR) is 95.4 cm³/mol. The van der Waals surface area contributed by atoms with E-state index in [-0.39, 0.29) is 18.7 Å². The summed E-state index contributed by atoms with van der Waals surface area (Å²) in [5.41, 5.74) is -0.336. The van der Waals surface area contributed by atoms with E-state index in [2.05, 4.69) is 15.3 Å². The van der Waals surface area contributed by atoms with Crippen LogP contribution < -0.4 is 14.8 Å². The normalized spacial score (nSPS) is 15.0. The van der Waals surface area contributed by atoms with E-state index in [0.717, 1.165) is 24.8 Å². The zero-order chi connectivity index (χ0) is 19.3. The van der Waals surface area contributed by atoms with E-state index in [1.165, 1.54) is 12.8 Å². The molecule has 1 heterocycles. The molecule has 27 heavy (non-hydrogen) atoms. The largest absolute Gasteiger partial charge is 0.490 e. The van der Waals surface area contributed by atoms with Crippen LogP contribution in [0.1, 0.15) is 44.6 Å². The van der Waals surface area contributed by atoms with Gasteiger partial charge in [-0.1, -0.05) is 6.92 Å². The lowest BCUT2D eigenvalue weighted by Crippen LogP contribution is -2.13. The van der Waals surface area contributed by atoms with Crippen molar-refractivity contribution in [2.45, 2.75) is 51.3 Å². The first-order valence-corrected chi connectivity index (χ1v) is 9.06. The molecule has 1 saturated carbocycles. The van der Waals surface area contributed by atoms with Crippen LogP contribution >= 0.6 is 0 Å². The number of rotatable bonds is 7. The average Bonchev–Trinajstić information content (AvgIpc) is 3.14. The average molecular weight is 381 g/mol. The topological polar surface area (TPSA) is 56.3 Å². The van der Waals surface area contributed by atoms with Crippen molar-refractivity contribution >= 4 is 11.6 Å². The molecule has 0 amide bonds. The van der Waals surface area contributed by atoms with Gasteiger partial charge >= 0.3 is 6.18 Å².